The molecular weight excluding hydrogens is 913 g/mol. The van der Waals surface area contributed by atoms with E-state index in [0.29, 0.717) is 17.6 Å². The molecule has 4 aromatic heterocycles. The second-order valence-electron chi connectivity index (χ2n) is 19.5. The summed E-state index contributed by atoms with van der Waals surface area (Å²) in [5.41, 5.74) is 12.9. The summed E-state index contributed by atoms with van der Waals surface area (Å²) in [5.74, 6) is 1.77. The molecule has 75 heavy (non-hydrogen) atoms. The molecule has 0 saturated carbocycles. The second-order valence-corrected chi connectivity index (χ2v) is 19.5. The molecule has 0 saturated heterocycles. The number of para-hydroxylation sites is 4. The second kappa shape index (κ2) is 16.2. The van der Waals surface area contributed by atoms with Crippen LogP contribution in [0.25, 0.3) is 149 Å². The number of fused-ring (bicyclic) bond motifs is 16. The Labute approximate surface area is 430 Å². The molecule has 16 aromatic rings. The van der Waals surface area contributed by atoms with Gasteiger partial charge >= 0.3 is 0 Å². The molecule has 0 fully saturated rings. The summed E-state index contributed by atoms with van der Waals surface area (Å²) in [6.45, 7) is 0. The maximum absolute atomic E-state index is 5.43. The Morgan fingerprint density at radius 2 is 0.627 bits per heavy atom. The van der Waals surface area contributed by atoms with Crippen molar-refractivity contribution in [3.8, 4) is 51.2 Å². The number of rotatable bonds is 6. The number of benzene rings is 12. The highest BCUT2D eigenvalue weighted by Gasteiger charge is 2.24. The Morgan fingerprint density at radius 1 is 0.213 bits per heavy atom. The zero-order chi connectivity index (χ0) is 49.1. The molecule has 0 radical (unpaired) electrons. The monoisotopic (exact) mass is 954 g/mol. The Bertz CT molecular complexity index is 4950. The fraction of sp³-hybridized carbons (Fsp3) is 0. The molecule has 0 bridgehead atoms. The Hall–Kier alpha value is -10.2. The van der Waals surface area contributed by atoms with Crippen LogP contribution < -0.4 is 0 Å². The SMILES string of the molecule is c1ccc(-c2nc(-c3ccc4c5ccccc5n(-c5ccccc5)c4c3)nc(-n3c4ccccc4c4c5c6ccccc6n(-c6ccc(-c7ccc8c9ccccc9c9ccccc9c8c7)cc6)c5ccc43)n2)cc1. The van der Waals surface area contributed by atoms with E-state index in [0.717, 1.165) is 66.4 Å². The van der Waals surface area contributed by atoms with E-state index in [1.165, 1.54) is 65.0 Å². The van der Waals surface area contributed by atoms with Gasteiger partial charge < -0.3 is 9.13 Å². The quantitative estimate of drug-likeness (QED) is 0.156. The van der Waals surface area contributed by atoms with Gasteiger partial charge in [-0.2, -0.15) is 9.97 Å². The molecular formula is C69H42N6. The lowest BCUT2D eigenvalue weighted by atomic mass is 9.92. The van der Waals surface area contributed by atoms with Crippen LogP contribution >= 0.6 is 0 Å². The van der Waals surface area contributed by atoms with Crippen LogP contribution in [-0.2, 0) is 0 Å². The van der Waals surface area contributed by atoms with Crippen molar-refractivity contribution >= 4 is 97.7 Å². The maximum Gasteiger partial charge on any atom is 0.238 e. The van der Waals surface area contributed by atoms with Crippen LogP contribution in [0.3, 0.4) is 0 Å². The summed E-state index contributed by atoms with van der Waals surface area (Å²) in [7, 11) is 0. The van der Waals surface area contributed by atoms with Crippen molar-refractivity contribution in [1.82, 2.24) is 28.7 Å². The van der Waals surface area contributed by atoms with Crippen LogP contribution in [0.1, 0.15) is 0 Å². The third-order valence-electron chi connectivity index (χ3n) is 15.5. The first-order chi connectivity index (χ1) is 37.2. The lowest BCUT2D eigenvalue weighted by Gasteiger charge is -2.13. The first kappa shape index (κ1) is 41.4. The predicted octanol–water partition coefficient (Wildman–Crippen LogP) is 17.6. The summed E-state index contributed by atoms with van der Waals surface area (Å²) in [5, 5.41) is 14.7. The summed E-state index contributed by atoms with van der Waals surface area (Å²) in [4.78, 5) is 16.0. The summed E-state index contributed by atoms with van der Waals surface area (Å²) < 4.78 is 6.99. The van der Waals surface area contributed by atoms with Gasteiger partial charge in [0.15, 0.2) is 11.6 Å². The zero-order valence-corrected chi connectivity index (χ0v) is 40.4. The van der Waals surface area contributed by atoms with Gasteiger partial charge in [-0.3, -0.25) is 4.57 Å². The summed E-state index contributed by atoms with van der Waals surface area (Å²) in [6, 6.07) is 91.6. The predicted molar refractivity (Wildman–Crippen MR) is 312 cm³/mol. The highest BCUT2D eigenvalue weighted by atomic mass is 15.2. The molecule has 16 rings (SSSR count). The molecule has 0 N–H and O–H groups in total. The summed E-state index contributed by atoms with van der Waals surface area (Å²) in [6.07, 6.45) is 0. The average Bonchev–Trinajstić information content (AvgIpc) is 4.13. The third-order valence-corrected chi connectivity index (χ3v) is 15.5. The Kier molecular flexibility index (Phi) is 8.94. The average molecular weight is 955 g/mol. The smallest absolute Gasteiger partial charge is 0.238 e. The zero-order valence-electron chi connectivity index (χ0n) is 40.4. The number of aromatic nitrogens is 6. The maximum atomic E-state index is 5.43. The molecule has 0 atom stereocenters. The van der Waals surface area contributed by atoms with Crippen molar-refractivity contribution in [3.63, 3.8) is 0 Å². The molecule has 0 amide bonds. The van der Waals surface area contributed by atoms with Crippen LogP contribution in [0.15, 0.2) is 255 Å². The normalized spacial score (nSPS) is 12.0. The number of hydrogen-bond acceptors (Lipinski definition) is 3. The van der Waals surface area contributed by atoms with Gasteiger partial charge in [0.25, 0.3) is 0 Å². The van der Waals surface area contributed by atoms with Crippen molar-refractivity contribution < 1.29 is 0 Å². The lowest BCUT2D eigenvalue weighted by Crippen LogP contribution is -2.06. The minimum absolute atomic E-state index is 0.558. The number of hydrogen-bond donors (Lipinski definition) is 0. The van der Waals surface area contributed by atoms with E-state index in [1.807, 2.05) is 18.2 Å². The number of nitrogens with zero attached hydrogens (tertiary/aromatic N) is 6. The van der Waals surface area contributed by atoms with Crippen molar-refractivity contribution in [2.75, 3.05) is 0 Å². The highest BCUT2D eigenvalue weighted by Crippen LogP contribution is 2.44. The molecule has 0 spiro atoms. The van der Waals surface area contributed by atoms with E-state index in [9.17, 15) is 0 Å². The molecule has 0 aliphatic carbocycles. The molecule has 348 valence electrons. The van der Waals surface area contributed by atoms with E-state index >= 15 is 0 Å². The molecule has 12 aromatic carbocycles. The van der Waals surface area contributed by atoms with Crippen molar-refractivity contribution in [1.29, 1.82) is 0 Å². The van der Waals surface area contributed by atoms with Gasteiger partial charge in [0, 0.05) is 54.8 Å². The fourth-order valence-corrected chi connectivity index (χ4v) is 12.2. The van der Waals surface area contributed by atoms with Gasteiger partial charge in [0.1, 0.15) is 0 Å². The van der Waals surface area contributed by atoms with Crippen LogP contribution in [0, 0.1) is 0 Å². The van der Waals surface area contributed by atoms with E-state index in [2.05, 4.69) is 250 Å². The van der Waals surface area contributed by atoms with Crippen LogP contribution in [0.4, 0.5) is 0 Å². The molecule has 0 aliphatic rings. The first-order valence-corrected chi connectivity index (χ1v) is 25.5. The van der Waals surface area contributed by atoms with Crippen molar-refractivity contribution in [2.24, 2.45) is 0 Å². The Morgan fingerprint density at radius 3 is 1.27 bits per heavy atom. The van der Waals surface area contributed by atoms with Gasteiger partial charge in [0.05, 0.1) is 33.1 Å². The van der Waals surface area contributed by atoms with Gasteiger partial charge in [-0.1, -0.05) is 188 Å². The van der Waals surface area contributed by atoms with Gasteiger partial charge in [-0.25, -0.2) is 4.98 Å². The van der Waals surface area contributed by atoms with Crippen LogP contribution in [0.2, 0.25) is 0 Å². The lowest BCUT2D eigenvalue weighted by molar-refractivity contribution is 0.953. The molecule has 6 heteroatoms. The van der Waals surface area contributed by atoms with Crippen molar-refractivity contribution in [3.05, 3.63) is 255 Å². The van der Waals surface area contributed by atoms with Crippen LogP contribution in [-0.4, -0.2) is 28.7 Å². The summed E-state index contributed by atoms with van der Waals surface area (Å²) >= 11 is 0. The molecule has 6 nitrogen and oxygen atoms in total. The van der Waals surface area contributed by atoms with E-state index in [1.54, 1.807) is 0 Å². The first-order valence-electron chi connectivity index (χ1n) is 25.5. The van der Waals surface area contributed by atoms with Crippen molar-refractivity contribution in [2.45, 2.75) is 0 Å². The minimum Gasteiger partial charge on any atom is -0.309 e. The largest absolute Gasteiger partial charge is 0.309 e. The molecule has 4 heterocycles. The topological polar surface area (TPSA) is 53.5 Å². The van der Waals surface area contributed by atoms with Gasteiger partial charge in [-0.05, 0) is 110 Å². The third kappa shape index (κ3) is 6.24. The van der Waals surface area contributed by atoms with E-state index < -0.39 is 0 Å². The van der Waals surface area contributed by atoms with Gasteiger partial charge in [0.2, 0.25) is 5.95 Å². The fourth-order valence-electron chi connectivity index (χ4n) is 12.2. The van der Waals surface area contributed by atoms with E-state index in [-0.39, 0.29) is 0 Å². The molecule has 0 unspecified atom stereocenters. The highest BCUT2D eigenvalue weighted by molar-refractivity contribution is 6.29. The minimum atomic E-state index is 0.558. The van der Waals surface area contributed by atoms with E-state index in [4.69, 9.17) is 15.0 Å². The molecule has 0 aliphatic heterocycles. The standard InChI is InChI=1S/C69H42N6/c1-3-17-44(18-4-1)67-70-68(46-34-38-55-54-25-11-14-28-59(54)74(64(55)42-46)47-19-5-2-6-20-47)72-69(71-67)75-61-30-16-13-27-57(61)66-63(75)40-39-62-65(66)56-26-12-15-29-60(56)73(62)48-35-31-43(32-36-48)45-33-37-53-51-23-8-7-21-49(51)50-22-9-10-24-52(50)58(53)41-45/h1-42H. The van der Waals surface area contributed by atoms with Crippen LogP contribution in [0.5, 0.6) is 0 Å². The van der Waals surface area contributed by atoms with Gasteiger partial charge in [-0.15, -0.1) is 0 Å². The Balaban J connectivity index is 0.875.